The fraction of sp³-hybridized carbons (Fsp3) is 0.464. The summed E-state index contributed by atoms with van der Waals surface area (Å²) in [7, 11) is 0. The molecule has 190 valence electrons. The molecule has 7 heteroatoms. The van der Waals surface area contributed by atoms with Crippen molar-refractivity contribution in [1.82, 2.24) is 0 Å². The van der Waals surface area contributed by atoms with Crippen molar-refractivity contribution in [3.8, 4) is 11.5 Å². The predicted molar refractivity (Wildman–Crippen MR) is 134 cm³/mol. The number of rotatable bonds is 16. The smallest absolute Gasteiger partial charge is 0.365 e. The number of ether oxygens (including phenoxy) is 2. The summed E-state index contributed by atoms with van der Waals surface area (Å²) in [4.78, 5) is 28.4. The lowest BCUT2D eigenvalue weighted by Gasteiger charge is -2.15. The number of aryl methyl sites for hydroxylation is 1. The summed E-state index contributed by atoms with van der Waals surface area (Å²) in [6.45, 7) is 5.01. The Balaban J connectivity index is 1.91. The SMILES string of the molecule is CCCCCCCc1cc(C(=O)ON=Cc2ccc(OCCCCCC)cc2)ccc1OC(=O)[O-]. The van der Waals surface area contributed by atoms with E-state index in [2.05, 4.69) is 19.0 Å². The van der Waals surface area contributed by atoms with Crippen LogP contribution < -0.4 is 14.6 Å². The van der Waals surface area contributed by atoms with Crippen LogP contribution in [0.3, 0.4) is 0 Å². The standard InChI is InChI=1S/C28H37NO6/c1-3-5-7-9-10-12-23-20-24(15-18-26(23)34-28(31)32)27(30)35-29-21-22-13-16-25(17-14-22)33-19-11-8-6-4-2/h13-18,20-21H,3-12,19H2,1-2H3,(H,31,32)/p-1. The quantitative estimate of drug-likeness (QED) is 0.0719. The summed E-state index contributed by atoms with van der Waals surface area (Å²) >= 11 is 0. The van der Waals surface area contributed by atoms with E-state index >= 15 is 0 Å². The number of unbranched alkanes of at least 4 members (excludes halogenated alkanes) is 7. The van der Waals surface area contributed by atoms with Crippen LogP contribution in [-0.2, 0) is 11.3 Å². The Morgan fingerprint density at radius 2 is 1.57 bits per heavy atom. The highest BCUT2D eigenvalue weighted by atomic mass is 16.7. The van der Waals surface area contributed by atoms with Crippen LogP contribution in [0.2, 0.25) is 0 Å². The van der Waals surface area contributed by atoms with E-state index in [1.54, 1.807) is 6.07 Å². The van der Waals surface area contributed by atoms with Gasteiger partial charge in [0.15, 0.2) is 0 Å². The van der Waals surface area contributed by atoms with Gasteiger partial charge in [-0.25, -0.2) is 4.79 Å². The second-order valence-electron chi connectivity index (χ2n) is 8.43. The second kappa shape index (κ2) is 16.3. The van der Waals surface area contributed by atoms with Crippen LogP contribution >= 0.6 is 0 Å². The van der Waals surface area contributed by atoms with E-state index in [0.29, 0.717) is 18.6 Å². The molecule has 0 spiro atoms. The molecule has 2 rings (SSSR count). The highest BCUT2D eigenvalue weighted by Crippen LogP contribution is 2.23. The molecule has 0 heterocycles. The molecule has 0 fully saturated rings. The average Bonchev–Trinajstić information content (AvgIpc) is 2.85. The summed E-state index contributed by atoms with van der Waals surface area (Å²) in [5.74, 6) is 0.325. The van der Waals surface area contributed by atoms with Crippen LogP contribution in [0.25, 0.3) is 0 Å². The molecular weight excluding hydrogens is 446 g/mol. The number of carbonyl (C=O) groups excluding carboxylic acids is 2. The zero-order chi connectivity index (χ0) is 25.3. The number of carbonyl (C=O) groups is 2. The van der Waals surface area contributed by atoms with Gasteiger partial charge in [-0.05, 0) is 72.9 Å². The summed E-state index contributed by atoms with van der Waals surface area (Å²) in [5.41, 5.74) is 1.65. The van der Waals surface area contributed by atoms with Crippen molar-refractivity contribution in [2.45, 2.75) is 78.1 Å². The molecule has 0 radical (unpaired) electrons. The molecule has 0 aliphatic heterocycles. The van der Waals surface area contributed by atoms with Crippen LogP contribution in [0.1, 0.15) is 93.1 Å². The van der Waals surface area contributed by atoms with Crippen LogP contribution in [0, 0.1) is 0 Å². The van der Waals surface area contributed by atoms with Gasteiger partial charge < -0.3 is 24.2 Å². The van der Waals surface area contributed by atoms with E-state index < -0.39 is 12.1 Å². The van der Waals surface area contributed by atoms with Crippen molar-refractivity contribution >= 4 is 18.3 Å². The molecule has 0 aliphatic carbocycles. The Morgan fingerprint density at radius 3 is 2.26 bits per heavy atom. The summed E-state index contributed by atoms with van der Waals surface area (Å²) in [5, 5.41) is 14.7. The van der Waals surface area contributed by atoms with Gasteiger partial charge >= 0.3 is 5.97 Å². The van der Waals surface area contributed by atoms with Crippen LogP contribution in [0.5, 0.6) is 11.5 Å². The molecule has 7 nitrogen and oxygen atoms in total. The summed E-state index contributed by atoms with van der Waals surface area (Å²) in [6, 6.07) is 11.9. The molecule has 0 amide bonds. The zero-order valence-corrected chi connectivity index (χ0v) is 20.8. The first-order valence-corrected chi connectivity index (χ1v) is 12.5. The topological polar surface area (TPSA) is 97.2 Å². The minimum Gasteiger partial charge on any atom is -0.514 e. The fourth-order valence-corrected chi connectivity index (χ4v) is 3.57. The lowest BCUT2D eigenvalue weighted by molar-refractivity contribution is -0.271. The molecule has 35 heavy (non-hydrogen) atoms. The Labute approximate surface area is 208 Å². The van der Waals surface area contributed by atoms with Gasteiger partial charge in [0, 0.05) is 0 Å². The average molecular weight is 483 g/mol. The van der Waals surface area contributed by atoms with Gasteiger partial charge in [0.2, 0.25) is 0 Å². The monoisotopic (exact) mass is 482 g/mol. The molecule has 0 saturated heterocycles. The van der Waals surface area contributed by atoms with E-state index in [9.17, 15) is 14.7 Å². The predicted octanol–water partition coefficient (Wildman–Crippen LogP) is 6.07. The molecule has 0 aliphatic rings. The maximum atomic E-state index is 12.5. The number of hydrogen-bond donors (Lipinski definition) is 0. The first kappa shape index (κ1) is 27.9. The first-order valence-electron chi connectivity index (χ1n) is 12.5. The highest BCUT2D eigenvalue weighted by molar-refractivity contribution is 5.90. The summed E-state index contributed by atoms with van der Waals surface area (Å²) < 4.78 is 10.5. The minimum atomic E-state index is -1.63. The van der Waals surface area contributed by atoms with Crippen molar-refractivity contribution < 1.29 is 29.0 Å². The van der Waals surface area contributed by atoms with Crippen molar-refractivity contribution in [3.05, 3.63) is 59.2 Å². The van der Waals surface area contributed by atoms with Gasteiger partial charge in [0.05, 0.1) is 24.1 Å². The Kier molecular flexibility index (Phi) is 13.0. The normalized spacial score (nSPS) is 10.9. The zero-order valence-electron chi connectivity index (χ0n) is 20.8. The van der Waals surface area contributed by atoms with Crippen molar-refractivity contribution in [2.24, 2.45) is 5.16 Å². The van der Waals surface area contributed by atoms with Gasteiger partial charge in [-0.15, -0.1) is 0 Å². The maximum Gasteiger partial charge on any atom is 0.365 e. The van der Waals surface area contributed by atoms with Crippen molar-refractivity contribution in [3.63, 3.8) is 0 Å². The largest absolute Gasteiger partial charge is 0.514 e. The van der Waals surface area contributed by atoms with E-state index in [1.165, 1.54) is 37.6 Å². The Morgan fingerprint density at radius 1 is 0.886 bits per heavy atom. The van der Waals surface area contributed by atoms with Gasteiger partial charge in [-0.3, -0.25) is 0 Å². The van der Waals surface area contributed by atoms with Gasteiger partial charge in [0.1, 0.15) is 5.75 Å². The Bertz CT molecular complexity index is 939. The van der Waals surface area contributed by atoms with Crippen LogP contribution in [0.15, 0.2) is 47.6 Å². The second-order valence-corrected chi connectivity index (χ2v) is 8.43. The lowest BCUT2D eigenvalue weighted by Crippen LogP contribution is -2.27. The van der Waals surface area contributed by atoms with E-state index in [4.69, 9.17) is 14.3 Å². The minimum absolute atomic E-state index is 0.174. The molecule has 0 bridgehead atoms. The third-order valence-electron chi connectivity index (χ3n) is 5.52. The fourth-order valence-electron chi connectivity index (χ4n) is 3.57. The van der Waals surface area contributed by atoms with E-state index in [1.807, 2.05) is 24.3 Å². The number of nitrogens with zero attached hydrogens (tertiary/aromatic N) is 1. The van der Waals surface area contributed by atoms with Crippen LogP contribution in [0.4, 0.5) is 4.79 Å². The lowest BCUT2D eigenvalue weighted by atomic mass is 10.0. The number of oxime groups is 1. The molecule has 0 saturated carbocycles. The first-order chi connectivity index (χ1) is 17.0. The molecule has 2 aromatic carbocycles. The van der Waals surface area contributed by atoms with Gasteiger partial charge in [-0.2, -0.15) is 0 Å². The molecule has 0 aromatic heterocycles. The molecular formula is C28H36NO6-. The molecule has 0 N–H and O–H groups in total. The number of benzene rings is 2. The number of carboxylic acid groups (broad SMARTS) is 1. The van der Waals surface area contributed by atoms with Gasteiger partial charge in [-0.1, -0.05) is 63.9 Å². The van der Waals surface area contributed by atoms with Gasteiger partial charge in [0.25, 0.3) is 6.16 Å². The molecule has 2 aromatic rings. The third-order valence-corrected chi connectivity index (χ3v) is 5.52. The van der Waals surface area contributed by atoms with E-state index in [0.717, 1.165) is 49.8 Å². The van der Waals surface area contributed by atoms with Crippen LogP contribution in [-0.4, -0.2) is 24.9 Å². The summed E-state index contributed by atoms with van der Waals surface area (Å²) in [6.07, 6.45) is 10.3. The van der Waals surface area contributed by atoms with E-state index in [-0.39, 0.29) is 11.3 Å². The van der Waals surface area contributed by atoms with Crippen molar-refractivity contribution in [2.75, 3.05) is 6.61 Å². The molecule has 0 atom stereocenters. The highest BCUT2D eigenvalue weighted by Gasteiger charge is 2.11. The third kappa shape index (κ3) is 11.1. The maximum absolute atomic E-state index is 12.5. The Hall–Kier alpha value is -3.35. The number of hydrogen-bond acceptors (Lipinski definition) is 7. The molecule has 0 unspecified atom stereocenters. The van der Waals surface area contributed by atoms with Crippen molar-refractivity contribution in [1.29, 1.82) is 0 Å².